The zero-order chi connectivity index (χ0) is 20.2. The van der Waals surface area contributed by atoms with E-state index < -0.39 is 0 Å². The summed E-state index contributed by atoms with van der Waals surface area (Å²) in [4.78, 5) is 23.0. The number of carbonyl (C=O) groups excluding carboxylic acids is 1. The molecular formula is C22H17ClN4O2. The van der Waals surface area contributed by atoms with Crippen LogP contribution in [-0.2, 0) is 0 Å². The van der Waals surface area contributed by atoms with E-state index in [0.717, 1.165) is 16.9 Å². The van der Waals surface area contributed by atoms with Gasteiger partial charge in [-0.3, -0.25) is 14.7 Å². The summed E-state index contributed by atoms with van der Waals surface area (Å²) in [6.07, 6.45) is 6.47. The van der Waals surface area contributed by atoms with Crippen molar-refractivity contribution in [2.24, 2.45) is 0 Å². The molecular weight excluding hydrogens is 388 g/mol. The fourth-order valence-corrected chi connectivity index (χ4v) is 3.12. The molecule has 0 aliphatic rings. The molecule has 4 aromatic rings. The van der Waals surface area contributed by atoms with Gasteiger partial charge in [0.25, 0.3) is 5.91 Å². The third-order valence-corrected chi connectivity index (χ3v) is 4.56. The van der Waals surface area contributed by atoms with Gasteiger partial charge in [0.2, 0.25) is 0 Å². The van der Waals surface area contributed by atoms with E-state index in [0.29, 0.717) is 22.3 Å². The third kappa shape index (κ3) is 4.12. The lowest BCUT2D eigenvalue weighted by Crippen LogP contribution is -2.15. The molecule has 4 rings (SSSR count). The summed E-state index contributed by atoms with van der Waals surface area (Å²) in [6.45, 7) is 1.96. The molecule has 144 valence electrons. The Morgan fingerprint density at radius 3 is 2.62 bits per heavy atom. The summed E-state index contributed by atoms with van der Waals surface area (Å²) in [5, 5.41) is 3.42. The summed E-state index contributed by atoms with van der Waals surface area (Å²) in [5.74, 6) is -0.240. The Bertz CT molecular complexity index is 1130. The second-order valence-corrected chi connectivity index (χ2v) is 6.76. The Morgan fingerprint density at radius 2 is 1.90 bits per heavy atom. The van der Waals surface area contributed by atoms with E-state index in [1.54, 1.807) is 55.0 Å². The van der Waals surface area contributed by atoms with Crippen LogP contribution in [0, 0.1) is 6.92 Å². The summed E-state index contributed by atoms with van der Waals surface area (Å²) < 4.78 is 5.55. The van der Waals surface area contributed by atoms with Crippen LogP contribution in [0.1, 0.15) is 15.9 Å². The molecule has 0 saturated heterocycles. The van der Waals surface area contributed by atoms with Gasteiger partial charge in [-0.2, -0.15) is 0 Å². The van der Waals surface area contributed by atoms with Gasteiger partial charge in [-0.1, -0.05) is 23.7 Å². The first-order valence-corrected chi connectivity index (χ1v) is 9.27. The number of carbonyl (C=O) groups is 1. The van der Waals surface area contributed by atoms with Crippen LogP contribution in [0.3, 0.4) is 0 Å². The second kappa shape index (κ2) is 8.16. The van der Waals surface area contributed by atoms with Crippen molar-refractivity contribution in [3.63, 3.8) is 0 Å². The topological polar surface area (TPSA) is 71.3 Å². The van der Waals surface area contributed by atoms with Crippen molar-refractivity contribution >= 4 is 40.6 Å². The molecule has 0 atom stereocenters. The van der Waals surface area contributed by atoms with Crippen LogP contribution in [0.5, 0.6) is 0 Å². The molecule has 0 unspecified atom stereocenters. The normalized spacial score (nSPS) is 10.6. The molecule has 0 fully saturated rings. The number of benzene rings is 2. The maximum Gasteiger partial charge on any atom is 0.306 e. The number of halogens is 1. The van der Waals surface area contributed by atoms with Crippen LogP contribution in [0.4, 0.5) is 23.1 Å². The molecule has 0 bridgehead atoms. The zero-order valence-electron chi connectivity index (χ0n) is 15.5. The van der Waals surface area contributed by atoms with Gasteiger partial charge in [0.05, 0.1) is 17.6 Å². The molecule has 0 radical (unpaired) electrons. The maximum atomic E-state index is 12.8. The predicted octanol–water partition coefficient (Wildman–Crippen LogP) is 5.75. The Hall–Kier alpha value is -3.64. The van der Waals surface area contributed by atoms with E-state index in [2.05, 4.69) is 15.3 Å². The van der Waals surface area contributed by atoms with Crippen LogP contribution in [-0.4, -0.2) is 15.9 Å². The molecule has 2 heterocycles. The first kappa shape index (κ1) is 18.7. The quantitative estimate of drug-likeness (QED) is 0.458. The van der Waals surface area contributed by atoms with Crippen molar-refractivity contribution in [3.8, 4) is 0 Å². The van der Waals surface area contributed by atoms with Crippen molar-refractivity contribution in [3.05, 3.63) is 95.6 Å². The maximum absolute atomic E-state index is 12.8. The van der Waals surface area contributed by atoms with E-state index >= 15 is 0 Å². The van der Waals surface area contributed by atoms with Crippen molar-refractivity contribution < 1.29 is 9.21 Å². The summed E-state index contributed by atoms with van der Waals surface area (Å²) >= 11 is 6.01. The fourth-order valence-electron chi connectivity index (χ4n) is 2.93. The highest BCUT2D eigenvalue weighted by atomic mass is 35.5. The number of pyridine rings is 1. The van der Waals surface area contributed by atoms with Crippen LogP contribution >= 0.6 is 11.6 Å². The molecule has 6 nitrogen and oxygen atoms in total. The molecule has 0 aliphatic heterocycles. The SMILES string of the molecule is Cc1ccc(C(=O)Nc2cccc(Cl)c2)cc1N(c1ccncc1)c1ncco1. The smallest absolute Gasteiger partial charge is 0.306 e. The van der Waals surface area contributed by atoms with Gasteiger partial charge < -0.3 is 9.73 Å². The Balaban J connectivity index is 1.72. The molecule has 2 aromatic heterocycles. The van der Waals surface area contributed by atoms with Crippen LogP contribution in [0.25, 0.3) is 0 Å². The van der Waals surface area contributed by atoms with Crippen molar-refractivity contribution in [2.75, 3.05) is 10.2 Å². The first-order chi connectivity index (χ1) is 14.1. The van der Waals surface area contributed by atoms with Gasteiger partial charge in [0.15, 0.2) is 0 Å². The Morgan fingerprint density at radius 1 is 1.07 bits per heavy atom. The number of anilines is 4. The number of nitrogens with zero attached hydrogens (tertiary/aromatic N) is 3. The molecule has 29 heavy (non-hydrogen) atoms. The highest BCUT2D eigenvalue weighted by Crippen LogP contribution is 2.35. The van der Waals surface area contributed by atoms with E-state index in [-0.39, 0.29) is 5.91 Å². The van der Waals surface area contributed by atoms with Crippen molar-refractivity contribution in [1.29, 1.82) is 0 Å². The van der Waals surface area contributed by atoms with Crippen LogP contribution < -0.4 is 10.2 Å². The largest absolute Gasteiger partial charge is 0.432 e. The molecule has 0 saturated carbocycles. The molecule has 0 spiro atoms. The Kier molecular flexibility index (Phi) is 5.27. The summed E-state index contributed by atoms with van der Waals surface area (Å²) in [6, 6.07) is 16.6. The van der Waals surface area contributed by atoms with Crippen molar-refractivity contribution in [2.45, 2.75) is 6.92 Å². The average molecular weight is 405 g/mol. The predicted molar refractivity (Wildman–Crippen MR) is 113 cm³/mol. The van der Waals surface area contributed by atoms with E-state index in [9.17, 15) is 4.79 Å². The average Bonchev–Trinajstić information content (AvgIpc) is 3.25. The third-order valence-electron chi connectivity index (χ3n) is 4.33. The number of hydrogen-bond donors (Lipinski definition) is 1. The molecule has 2 aromatic carbocycles. The van der Waals surface area contributed by atoms with Gasteiger partial charge in [-0.05, 0) is 55.0 Å². The van der Waals surface area contributed by atoms with Gasteiger partial charge in [0.1, 0.15) is 6.26 Å². The lowest BCUT2D eigenvalue weighted by molar-refractivity contribution is 0.102. The lowest BCUT2D eigenvalue weighted by atomic mass is 10.1. The number of aryl methyl sites for hydroxylation is 1. The van der Waals surface area contributed by atoms with E-state index in [1.807, 2.05) is 30.0 Å². The van der Waals surface area contributed by atoms with Gasteiger partial charge in [-0.15, -0.1) is 0 Å². The minimum Gasteiger partial charge on any atom is -0.432 e. The number of oxazole rings is 1. The summed E-state index contributed by atoms with van der Waals surface area (Å²) in [7, 11) is 0. The molecule has 1 N–H and O–H groups in total. The van der Waals surface area contributed by atoms with Gasteiger partial charge in [0, 0.05) is 28.7 Å². The second-order valence-electron chi connectivity index (χ2n) is 6.32. The monoisotopic (exact) mass is 404 g/mol. The molecule has 1 amide bonds. The van der Waals surface area contributed by atoms with Crippen molar-refractivity contribution in [1.82, 2.24) is 9.97 Å². The summed E-state index contributed by atoms with van der Waals surface area (Å²) in [5.41, 5.74) is 3.68. The molecule has 7 heteroatoms. The van der Waals surface area contributed by atoms with E-state index in [4.69, 9.17) is 16.0 Å². The first-order valence-electron chi connectivity index (χ1n) is 8.89. The van der Waals surface area contributed by atoms with Gasteiger partial charge >= 0.3 is 6.01 Å². The van der Waals surface area contributed by atoms with Crippen LogP contribution in [0.15, 0.2) is 83.9 Å². The van der Waals surface area contributed by atoms with Crippen LogP contribution in [0.2, 0.25) is 5.02 Å². The number of aromatic nitrogens is 2. The lowest BCUT2D eigenvalue weighted by Gasteiger charge is -2.23. The standard InChI is InChI=1S/C22H17ClN4O2/c1-15-5-6-16(21(28)26-18-4-2-3-17(23)14-18)13-20(15)27(22-25-11-12-29-22)19-7-9-24-10-8-19/h2-14H,1H3,(H,26,28). The number of amides is 1. The highest BCUT2D eigenvalue weighted by Gasteiger charge is 2.20. The minimum absolute atomic E-state index is 0.240. The van der Waals surface area contributed by atoms with Gasteiger partial charge in [-0.25, -0.2) is 4.98 Å². The number of rotatable bonds is 5. The number of hydrogen-bond acceptors (Lipinski definition) is 5. The molecule has 0 aliphatic carbocycles. The van der Waals surface area contributed by atoms with E-state index in [1.165, 1.54) is 6.26 Å². The Labute approximate surface area is 172 Å². The highest BCUT2D eigenvalue weighted by molar-refractivity contribution is 6.31. The fraction of sp³-hybridized carbons (Fsp3) is 0.0455. The number of nitrogens with one attached hydrogen (secondary N) is 1. The minimum atomic E-state index is -0.240. The zero-order valence-corrected chi connectivity index (χ0v) is 16.3.